The SMILES string of the molecule is C=C(C(=O)O)C(C)(C)CCCCCCN. The lowest BCUT2D eigenvalue weighted by Gasteiger charge is -2.24. The largest absolute Gasteiger partial charge is 0.478 e. The smallest absolute Gasteiger partial charge is 0.331 e. The monoisotopic (exact) mass is 213 g/mol. The summed E-state index contributed by atoms with van der Waals surface area (Å²) in [7, 11) is 0. The van der Waals surface area contributed by atoms with Gasteiger partial charge < -0.3 is 10.8 Å². The van der Waals surface area contributed by atoms with Crippen molar-refractivity contribution in [3.05, 3.63) is 12.2 Å². The van der Waals surface area contributed by atoms with E-state index in [0.29, 0.717) is 5.57 Å². The van der Waals surface area contributed by atoms with Gasteiger partial charge in [-0.05, 0) is 24.8 Å². The third-order valence-corrected chi connectivity index (χ3v) is 2.83. The van der Waals surface area contributed by atoms with Crippen molar-refractivity contribution in [2.75, 3.05) is 6.54 Å². The van der Waals surface area contributed by atoms with Gasteiger partial charge in [-0.25, -0.2) is 4.79 Å². The molecule has 0 aromatic carbocycles. The number of hydrogen-bond acceptors (Lipinski definition) is 2. The van der Waals surface area contributed by atoms with Gasteiger partial charge in [-0.1, -0.05) is 39.7 Å². The molecule has 0 aromatic heterocycles. The molecule has 0 spiro atoms. The second-order valence-electron chi connectivity index (χ2n) is 4.62. The Kier molecular flexibility index (Phi) is 6.25. The lowest BCUT2D eigenvalue weighted by atomic mass is 9.80. The second kappa shape index (κ2) is 6.62. The second-order valence-corrected chi connectivity index (χ2v) is 4.62. The average molecular weight is 213 g/mol. The van der Waals surface area contributed by atoms with Crippen LogP contribution in [-0.4, -0.2) is 17.6 Å². The summed E-state index contributed by atoms with van der Waals surface area (Å²) in [6.07, 6.45) is 5.22. The summed E-state index contributed by atoms with van der Waals surface area (Å²) in [5, 5.41) is 8.84. The molecule has 0 rings (SSSR count). The molecular formula is C12H23NO2. The van der Waals surface area contributed by atoms with Crippen LogP contribution >= 0.6 is 0 Å². The fourth-order valence-corrected chi connectivity index (χ4v) is 1.51. The summed E-state index contributed by atoms with van der Waals surface area (Å²) in [6, 6.07) is 0. The van der Waals surface area contributed by atoms with Crippen LogP contribution in [0.3, 0.4) is 0 Å². The van der Waals surface area contributed by atoms with Crippen LogP contribution in [0, 0.1) is 5.41 Å². The molecule has 0 radical (unpaired) electrons. The highest BCUT2D eigenvalue weighted by Crippen LogP contribution is 2.31. The molecule has 15 heavy (non-hydrogen) atoms. The molecule has 0 aliphatic rings. The van der Waals surface area contributed by atoms with Crippen molar-refractivity contribution in [2.45, 2.75) is 46.0 Å². The highest BCUT2D eigenvalue weighted by Gasteiger charge is 2.25. The number of aliphatic carboxylic acids is 1. The van der Waals surface area contributed by atoms with Crippen LogP contribution in [0.15, 0.2) is 12.2 Å². The molecule has 0 unspecified atom stereocenters. The van der Waals surface area contributed by atoms with E-state index < -0.39 is 5.97 Å². The van der Waals surface area contributed by atoms with Crippen molar-refractivity contribution >= 4 is 5.97 Å². The van der Waals surface area contributed by atoms with Gasteiger partial charge in [0.25, 0.3) is 0 Å². The molecular weight excluding hydrogens is 190 g/mol. The summed E-state index contributed by atoms with van der Waals surface area (Å²) in [5.74, 6) is -0.887. The fraction of sp³-hybridized carbons (Fsp3) is 0.750. The Balaban J connectivity index is 3.84. The van der Waals surface area contributed by atoms with E-state index in [4.69, 9.17) is 10.8 Å². The molecule has 3 heteroatoms. The highest BCUT2D eigenvalue weighted by atomic mass is 16.4. The lowest BCUT2D eigenvalue weighted by Crippen LogP contribution is -2.20. The zero-order valence-corrected chi connectivity index (χ0v) is 9.88. The number of hydrogen-bond donors (Lipinski definition) is 2. The molecule has 0 fully saturated rings. The Bertz CT molecular complexity index is 222. The van der Waals surface area contributed by atoms with Crippen LogP contribution in [0.1, 0.15) is 46.0 Å². The minimum atomic E-state index is -0.887. The van der Waals surface area contributed by atoms with Gasteiger partial charge in [-0.15, -0.1) is 0 Å². The molecule has 0 aliphatic heterocycles. The predicted molar refractivity (Wildman–Crippen MR) is 62.7 cm³/mol. The van der Waals surface area contributed by atoms with Gasteiger partial charge >= 0.3 is 5.97 Å². The van der Waals surface area contributed by atoms with Crippen LogP contribution in [0.2, 0.25) is 0 Å². The van der Waals surface area contributed by atoms with E-state index in [2.05, 4.69) is 6.58 Å². The van der Waals surface area contributed by atoms with E-state index in [1.807, 2.05) is 13.8 Å². The molecule has 3 nitrogen and oxygen atoms in total. The normalized spacial score (nSPS) is 11.4. The van der Waals surface area contributed by atoms with E-state index in [-0.39, 0.29) is 5.41 Å². The van der Waals surface area contributed by atoms with Gasteiger partial charge in [0, 0.05) is 5.57 Å². The van der Waals surface area contributed by atoms with E-state index >= 15 is 0 Å². The van der Waals surface area contributed by atoms with Gasteiger partial charge in [0.15, 0.2) is 0 Å². The molecule has 88 valence electrons. The van der Waals surface area contributed by atoms with Crippen LogP contribution in [0.25, 0.3) is 0 Å². The van der Waals surface area contributed by atoms with Crippen LogP contribution < -0.4 is 5.73 Å². The van der Waals surface area contributed by atoms with Crippen molar-refractivity contribution in [2.24, 2.45) is 11.1 Å². The number of rotatable bonds is 8. The van der Waals surface area contributed by atoms with Gasteiger partial charge in [0.1, 0.15) is 0 Å². The zero-order chi connectivity index (χ0) is 11.9. The van der Waals surface area contributed by atoms with E-state index in [9.17, 15) is 4.79 Å². The topological polar surface area (TPSA) is 63.3 Å². The molecule has 0 bridgehead atoms. The quantitative estimate of drug-likeness (QED) is 0.481. The van der Waals surface area contributed by atoms with Gasteiger partial charge in [0.05, 0.1) is 0 Å². The molecule has 0 saturated heterocycles. The Morgan fingerprint density at radius 2 is 1.80 bits per heavy atom. The maximum Gasteiger partial charge on any atom is 0.331 e. The highest BCUT2D eigenvalue weighted by molar-refractivity contribution is 5.87. The molecule has 0 saturated carbocycles. The van der Waals surface area contributed by atoms with Crippen molar-refractivity contribution in [3.63, 3.8) is 0 Å². The first-order chi connectivity index (χ1) is 6.91. The molecule has 0 amide bonds. The maximum absolute atomic E-state index is 10.8. The maximum atomic E-state index is 10.8. The minimum absolute atomic E-state index is 0.297. The number of carbonyl (C=O) groups is 1. The summed E-state index contributed by atoms with van der Waals surface area (Å²) in [6.45, 7) is 8.24. The Morgan fingerprint density at radius 3 is 2.27 bits per heavy atom. The average Bonchev–Trinajstić information content (AvgIpc) is 2.16. The third kappa shape index (κ3) is 5.57. The number of nitrogens with two attached hydrogens (primary N) is 1. The van der Waals surface area contributed by atoms with E-state index in [0.717, 1.165) is 38.6 Å². The number of carboxylic acids is 1. The van der Waals surface area contributed by atoms with Gasteiger partial charge in [0.2, 0.25) is 0 Å². The van der Waals surface area contributed by atoms with Crippen LogP contribution in [0.4, 0.5) is 0 Å². The molecule has 0 atom stereocenters. The minimum Gasteiger partial charge on any atom is -0.478 e. The Labute approximate surface area is 92.4 Å². The summed E-state index contributed by atoms with van der Waals surface area (Å²) < 4.78 is 0. The van der Waals surface area contributed by atoms with Crippen molar-refractivity contribution in [3.8, 4) is 0 Å². The Morgan fingerprint density at radius 1 is 1.27 bits per heavy atom. The summed E-state index contributed by atoms with van der Waals surface area (Å²) in [5.41, 5.74) is 5.40. The lowest BCUT2D eigenvalue weighted by molar-refractivity contribution is -0.133. The fourth-order valence-electron chi connectivity index (χ4n) is 1.51. The first-order valence-corrected chi connectivity index (χ1v) is 5.54. The van der Waals surface area contributed by atoms with Gasteiger partial charge in [-0.2, -0.15) is 0 Å². The van der Waals surface area contributed by atoms with Crippen LogP contribution in [-0.2, 0) is 4.79 Å². The summed E-state index contributed by atoms with van der Waals surface area (Å²) >= 11 is 0. The molecule has 0 heterocycles. The standard InChI is InChI=1S/C12H23NO2/c1-10(11(14)15)12(2,3)8-6-4-5-7-9-13/h1,4-9,13H2,2-3H3,(H,14,15). The molecule has 0 aromatic rings. The first-order valence-electron chi connectivity index (χ1n) is 5.54. The van der Waals surface area contributed by atoms with Crippen LogP contribution in [0.5, 0.6) is 0 Å². The third-order valence-electron chi connectivity index (χ3n) is 2.83. The predicted octanol–water partition coefficient (Wildman–Crippen LogP) is 2.56. The van der Waals surface area contributed by atoms with Crippen molar-refractivity contribution in [1.29, 1.82) is 0 Å². The van der Waals surface area contributed by atoms with Gasteiger partial charge in [-0.3, -0.25) is 0 Å². The zero-order valence-electron chi connectivity index (χ0n) is 9.88. The van der Waals surface area contributed by atoms with E-state index in [1.165, 1.54) is 0 Å². The van der Waals surface area contributed by atoms with E-state index in [1.54, 1.807) is 0 Å². The molecule has 0 aliphatic carbocycles. The Hall–Kier alpha value is -0.830. The van der Waals surface area contributed by atoms with Crippen molar-refractivity contribution < 1.29 is 9.90 Å². The summed E-state index contributed by atoms with van der Waals surface area (Å²) in [4.78, 5) is 10.8. The number of carboxylic acid groups (broad SMARTS) is 1. The first kappa shape index (κ1) is 14.2. The number of unbranched alkanes of at least 4 members (excludes halogenated alkanes) is 3. The van der Waals surface area contributed by atoms with Crippen molar-refractivity contribution in [1.82, 2.24) is 0 Å². The molecule has 3 N–H and O–H groups in total.